The van der Waals surface area contributed by atoms with Gasteiger partial charge in [-0.1, -0.05) is 13.8 Å². The Bertz CT molecular complexity index is 394. The molecule has 0 bridgehead atoms. The van der Waals surface area contributed by atoms with Crippen LogP contribution in [-0.4, -0.2) is 34.1 Å². The van der Waals surface area contributed by atoms with Crippen LogP contribution in [0.5, 0.6) is 0 Å². The van der Waals surface area contributed by atoms with Gasteiger partial charge in [-0.25, -0.2) is 0 Å². The van der Waals surface area contributed by atoms with Gasteiger partial charge in [0.15, 0.2) is 0 Å². The van der Waals surface area contributed by atoms with Crippen LogP contribution in [0.15, 0.2) is 0 Å². The molecule has 0 atom stereocenters. The Kier molecular flexibility index (Phi) is 4.58. The van der Waals surface area contributed by atoms with Crippen molar-refractivity contribution >= 4 is 23.5 Å². The number of hydrogen-bond donors (Lipinski definition) is 1. The molecule has 100 valence electrons. The third kappa shape index (κ3) is 3.45. The van der Waals surface area contributed by atoms with Crippen LogP contribution in [-0.2, 0) is 0 Å². The second-order valence-corrected chi connectivity index (χ2v) is 4.92. The van der Waals surface area contributed by atoms with Gasteiger partial charge in [0.25, 0.3) is 0 Å². The van der Waals surface area contributed by atoms with Crippen molar-refractivity contribution < 1.29 is 0 Å². The van der Waals surface area contributed by atoms with Crippen LogP contribution in [0.4, 0.5) is 11.9 Å². The average Bonchev–Trinajstić information content (AvgIpc) is 3.17. The average molecular weight is 270 g/mol. The second-order valence-electron chi connectivity index (χ2n) is 4.58. The fourth-order valence-electron chi connectivity index (χ4n) is 1.86. The van der Waals surface area contributed by atoms with E-state index in [0.717, 1.165) is 25.9 Å². The Morgan fingerprint density at radius 2 is 2.00 bits per heavy atom. The first-order valence-corrected chi connectivity index (χ1v) is 7.04. The molecule has 18 heavy (non-hydrogen) atoms. The Labute approximate surface area is 113 Å². The van der Waals surface area contributed by atoms with Crippen molar-refractivity contribution in [3.05, 3.63) is 5.28 Å². The number of hydrogen-bond acceptors (Lipinski definition) is 5. The zero-order chi connectivity index (χ0) is 13.0. The lowest BCUT2D eigenvalue weighted by Crippen LogP contribution is -2.29. The predicted molar refractivity (Wildman–Crippen MR) is 74.3 cm³/mol. The Balaban J connectivity index is 2.16. The summed E-state index contributed by atoms with van der Waals surface area (Å²) in [6.07, 6.45) is 4.56. The van der Waals surface area contributed by atoms with Crippen molar-refractivity contribution in [2.24, 2.45) is 0 Å². The fraction of sp³-hybridized carbons (Fsp3) is 0.750. The molecule has 0 spiro atoms. The highest BCUT2D eigenvalue weighted by molar-refractivity contribution is 6.28. The van der Waals surface area contributed by atoms with E-state index in [1.54, 1.807) is 0 Å². The zero-order valence-corrected chi connectivity index (χ0v) is 11.7. The van der Waals surface area contributed by atoms with E-state index >= 15 is 0 Å². The first kappa shape index (κ1) is 13.3. The summed E-state index contributed by atoms with van der Waals surface area (Å²) in [7, 11) is 0. The first-order chi connectivity index (χ1) is 8.74. The Hall–Kier alpha value is -1.10. The van der Waals surface area contributed by atoms with Crippen molar-refractivity contribution in [1.82, 2.24) is 15.0 Å². The topological polar surface area (TPSA) is 53.9 Å². The largest absolute Gasteiger partial charge is 0.354 e. The summed E-state index contributed by atoms with van der Waals surface area (Å²) in [5.74, 6) is 1.28. The lowest BCUT2D eigenvalue weighted by molar-refractivity contribution is 0.730. The van der Waals surface area contributed by atoms with E-state index in [-0.39, 0.29) is 5.28 Å². The SMILES string of the molecule is CCCNc1nc(Cl)nc(N(CCC)C2CC2)n1. The second kappa shape index (κ2) is 6.18. The van der Waals surface area contributed by atoms with Crippen LogP contribution >= 0.6 is 11.6 Å². The van der Waals surface area contributed by atoms with Crippen molar-refractivity contribution in [2.75, 3.05) is 23.3 Å². The number of nitrogens with one attached hydrogen (secondary N) is 1. The van der Waals surface area contributed by atoms with Gasteiger partial charge in [0.2, 0.25) is 17.2 Å². The third-order valence-corrected chi connectivity index (χ3v) is 3.01. The van der Waals surface area contributed by atoms with Gasteiger partial charge >= 0.3 is 0 Å². The summed E-state index contributed by atoms with van der Waals surface area (Å²) in [4.78, 5) is 15.1. The molecule has 6 heteroatoms. The van der Waals surface area contributed by atoms with Gasteiger partial charge in [0.1, 0.15) is 0 Å². The van der Waals surface area contributed by atoms with Gasteiger partial charge in [-0.3, -0.25) is 0 Å². The molecular weight excluding hydrogens is 250 g/mol. The minimum atomic E-state index is 0.264. The number of aromatic nitrogens is 3. The molecule has 0 unspecified atom stereocenters. The van der Waals surface area contributed by atoms with E-state index < -0.39 is 0 Å². The summed E-state index contributed by atoms with van der Waals surface area (Å²) in [6, 6.07) is 0.586. The molecule has 1 N–H and O–H groups in total. The minimum absolute atomic E-state index is 0.264. The van der Waals surface area contributed by atoms with Gasteiger partial charge in [-0.2, -0.15) is 15.0 Å². The first-order valence-electron chi connectivity index (χ1n) is 6.66. The zero-order valence-electron chi connectivity index (χ0n) is 11.0. The lowest BCUT2D eigenvalue weighted by atomic mass is 10.4. The van der Waals surface area contributed by atoms with Crippen LogP contribution in [0.25, 0.3) is 0 Å². The molecular formula is C12H20ClN5. The summed E-state index contributed by atoms with van der Waals surface area (Å²) in [5.41, 5.74) is 0. The van der Waals surface area contributed by atoms with Gasteiger partial charge in [-0.05, 0) is 37.3 Å². The van der Waals surface area contributed by atoms with Crippen molar-refractivity contribution in [2.45, 2.75) is 45.6 Å². The van der Waals surface area contributed by atoms with Gasteiger partial charge in [0, 0.05) is 19.1 Å². The molecule has 0 aromatic carbocycles. The van der Waals surface area contributed by atoms with E-state index in [9.17, 15) is 0 Å². The quantitative estimate of drug-likeness (QED) is 0.825. The van der Waals surface area contributed by atoms with E-state index in [4.69, 9.17) is 11.6 Å². The molecule has 1 fully saturated rings. The Morgan fingerprint density at radius 1 is 1.22 bits per heavy atom. The third-order valence-electron chi connectivity index (χ3n) is 2.84. The van der Waals surface area contributed by atoms with E-state index in [0.29, 0.717) is 17.9 Å². The van der Waals surface area contributed by atoms with E-state index in [2.05, 4.69) is 39.0 Å². The molecule has 0 amide bonds. The number of anilines is 2. The van der Waals surface area contributed by atoms with Crippen molar-refractivity contribution in [3.8, 4) is 0 Å². The number of halogens is 1. The Morgan fingerprint density at radius 3 is 2.61 bits per heavy atom. The summed E-state index contributed by atoms with van der Waals surface area (Å²) in [5, 5.41) is 3.42. The molecule has 5 nitrogen and oxygen atoms in total. The molecule has 1 aromatic heterocycles. The summed E-state index contributed by atoms with van der Waals surface area (Å²) >= 11 is 5.97. The summed E-state index contributed by atoms with van der Waals surface area (Å²) in [6.45, 7) is 6.08. The van der Waals surface area contributed by atoms with Crippen LogP contribution in [0.3, 0.4) is 0 Å². The molecule has 1 heterocycles. The highest BCUT2D eigenvalue weighted by Gasteiger charge is 2.30. The maximum absolute atomic E-state index is 5.97. The molecule has 2 rings (SSSR count). The molecule has 0 radical (unpaired) electrons. The van der Waals surface area contributed by atoms with Crippen LogP contribution in [0, 0.1) is 0 Å². The van der Waals surface area contributed by atoms with Gasteiger partial charge in [0.05, 0.1) is 0 Å². The molecule has 0 aliphatic heterocycles. The molecule has 1 saturated carbocycles. The maximum atomic E-state index is 5.97. The number of rotatable bonds is 7. The lowest BCUT2D eigenvalue weighted by Gasteiger charge is -2.21. The minimum Gasteiger partial charge on any atom is -0.354 e. The molecule has 1 aliphatic carbocycles. The predicted octanol–water partition coefficient (Wildman–Crippen LogP) is 2.73. The van der Waals surface area contributed by atoms with E-state index in [1.165, 1.54) is 12.8 Å². The van der Waals surface area contributed by atoms with Gasteiger partial charge in [-0.15, -0.1) is 0 Å². The van der Waals surface area contributed by atoms with Crippen LogP contribution < -0.4 is 10.2 Å². The maximum Gasteiger partial charge on any atom is 0.231 e. The standard InChI is InChI=1S/C12H20ClN5/c1-3-7-14-11-15-10(13)16-12(17-11)18(8-4-2)9-5-6-9/h9H,3-8H2,1-2H3,(H,14,15,16,17). The summed E-state index contributed by atoms with van der Waals surface area (Å²) < 4.78 is 0. The smallest absolute Gasteiger partial charge is 0.231 e. The van der Waals surface area contributed by atoms with E-state index in [1.807, 2.05) is 0 Å². The van der Waals surface area contributed by atoms with Crippen LogP contribution in [0.2, 0.25) is 5.28 Å². The van der Waals surface area contributed by atoms with Crippen LogP contribution in [0.1, 0.15) is 39.5 Å². The number of nitrogens with zero attached hydrogens (tertiary/aromatic N) is 4. The van der Waals surface area contributed by atoms with Gasteiger partial charge < -0.3 is 10.2 Å². The monoisotopic (exact) mass is 269 g/mol. The fourth-order valence-corrected chi connectivity index (χ4v) is 2.01. The molecule has 1 aliphatic rings. The molecule has 0 saturated heterocycles. The molecule has 1 aromatic rings. The highest BCUT2D eigenvalue weighted by Crippen LogP contribution is 2.30. The highest BCUT2D eigenvalue weighted by atomic mass is 35.5. The van der Waals surface area contributed by atoms with Crippen molar-refractivity contribution in [1.29, 1.82) is 0 Å². The normalized spacial score (nSPS) is 14.6. The van der Waals surface area contributed by atoms with Crippen molar-refractivity contribution in [3.63, 3.8) is 0 Å².